The molecule has 1 heterocycles. The minimum absolute atomic E-state index is 0.351. The van der Waals surface area contributed by atoms with Crippen molar-refractivity contribution >= 4 is 0 Å². The average Bonchev–Trinajstić information content (AvgIpc) is 2.71. The predicted octanol–water partition coefficient (Wildman–Crippen LogP) is 0.949. The van der Waals surface area contributed by atoms with Gasteiger partial charge in [0.05, 0.1) is 13.7 Å². The number of hydrogen-bond acceptors (Lipinski definition) is 4. The number of nitrogens with two attached hydrogens (primary N) is 1. The summed E-state index contributed by atoms with van der Waals surface area (Å²) in [5, 5.41) is 4.20. The van der Waals surface area contributed by atoms with E-state index in [0.29, 0.717) is 12.4 Å². The summed E-state index contributed by atoms with van der Waals surface area (Å²) in [7, 11) is 3.50. The Morgan fingerprint density at radius 2 is 2.00 bits per heavy atom. The predicted molar refractivity (Wildman–Crippen MR) is 60.9 cm³/mol. The van der Waals surface area contributed by atoms with E-state index < -0.39 is 0 Å². The molecule has 0 atom stereocenters. The zero-order valence-electron chi connectivity index (χ0n) is 9.34. The molecule has 0 saturated carbocycles. The lowest BCUT2D eigenvalue weighted by molar-refractivity contribution is 0.415. The minimum atomic E-state index is 0.351. The lowest BCUT2D eigenvalue weighted by atomic mass is 10.2. The number of aryl methyl sites for hydroxylation is 1. The highest BCUT2D eigenvalue weighted by Crippen LogP contribution is 2.20. The Morgan fingerprint density at radius 3 is 2.50 bits per heavy atom. The SMILES string of the molecule is COc1ccc(-c2nc(CN)nn2C)cc1. The number of aromatic nitrogens is 3. The monoisotopic (exact) mass is 218 g/mol. The molecule has 0 spiro atoms. The molecule has 0 bridgehead atoms. The molecule has 5 heteroatoms. The number of rotatable bonds is 3. The zero-order chi connectivity index (χ0) is 11.5. The van der Waals surface area contributed by atoms with Crippen molar-refractivity contribution in [2.24, 2.45) is 12.8 Å². The second-order valence-electron chi connectivity index (χ2n) is 3.41. The Balaban J connectivity index is 2.38. The zero-order valence-corrected chi connectivity index (χ0v) is 9.34. The van der Waals surface area contributed by atoms with Crippen molar-refractivity contribution in [1.82, 2.24) is 14.8 Å². The van der Waals surface area contributed by atoms with Crippen molar-refractivity contribution in [1.29, 1.82) is 0 Å². The van der Waals surface area contributed by atoms with E-state index in [-0.39, 0.29) is 0 Å². The third-order valence-corrected chi connectivity index (χ3v) is 2.34. The van der Waals surface area contributed by atoms with Gasteiger partial charge in [-0.05, 0) is 24.3 Å². The molecule has 0 aliphatic carbocycles. The topological polar surface area (TPSA) is 66.0 Å². The summed E-state index contributed by atoms with van der Waals surface area (Å²) in [6.45, 7) is 0.351. The number of benzene rings is 1. The van der Waals surface area contributed by atoms with Crippen LogP contribution in [-0.4, -0.2) is 21.9 Å². The van der Waals surface area contributed by atoms with E-state index >= 15 is 0 Å². The van der Waals surface area contributed by atoms with Crippen molar-refractivity contribution in [2.45, 2.75) is 6.54 Å². The smallest absolute Gasteiger partial charge is 0.164 e. The van der Waals surface area contributed by atoms with Crippen molar-refractivity contribution < 1.29 is 4.74 Å². The molecular weight excluding hydrogens is 204 g/mol. The number of hydrogen-bond donors (Lipinski definition) is 1. The van der Waals surface area contributed by atoms with Gasteiger partial charge in [-0.25, -0.2) is 9.67 Å². The van der Waals surface area contributed by atoms with Gasteiger partial charge in [-0.2, -0.15) is 5.10 Å². The van der Waals surface area contributed by atoms with Crippen LogP contribution >= 0.6 is 0 Å². The summed E-state index contributed by atoms with van der Waals surface area (Å²) < 4.78 is 6.83. The molecule has 0 amide bonds. The number of ether oxygens (including phenoxy) is 1. The molecule has 0 saturated heterocycles. The van der Waals surface area contributed by atoms with E-state index in [1.54, 1.807) is 11.8 Å². The molecule has 0 aliphatic rings. The van der Waals surface area contributed by atoms with E-state index in [2.05, 4.69) is 10.1 Å². The fraction of sp³-hybridized carbons (Fsp3) is 0.273. The van der Waals surface area contributed by atoms with Crippen LogP contribution in [0, 0.1) is 0 Å². The van der Waals surface area contributed by atoms with Crippen molar-refractivity contribution in [3.05, 3.63) is 30.1 Å². The molecule has 1 aromatic carbocycles. The van der Waals surface area contributed by atoms with Crippen LogP contribution in [0.25, 0.3) is 11.4 Å². The quantitative estimate of drug-likeness (QED) is 0.833. The van der Waals surface area contributed by atoms with Gasteiger partial charge in [0, 0.05) is 12.6 Å². The summed E-state index contributed by atoms with van der Waals surface area (Å²) in [6.07, 6.45) is 0. The van der Waals surface area contributed by atoms with Crippen LogP contribution < -0.4 is 10.5 Å². The van der Waals surface area contributed by atoms with Crippen LogP contribution in [0.15, 0.2) is 24.3 Å². The Kier molecular flexibility index (Phi) is 2.87. The third-order valence-electron chi connectivity index (χ3n) is 2.34. The van der Waals surface area contributed by atoms with Crippen LogP contribution in [0.1, 0.15) is 5.82 Å². The summed E-state index contributed by atoms with van der Waals surface area (Å²) in [5.41, 5.74) is 6.49. The maximum Gasteiger partial charge on any atom is 0.164 e. The van der Waals surface area contributed by atoms with Crippen molar-refractivity contribution in [2.75, 3.05) is 7.11 Å². The van der Waals surface area contributed by atoms with Gasteiger partial charge >= 0.3 is 0 Å². The van der Waals surface area contributed by atoms with Gasteiger partial charge in [0.2, 0.25) is 0 Å². The standard InChI is InChI=1S/C11H14N4O/c1-15-11(13-10(7-12)14-15)8-3-5-9(16-2)6-4-8/h3-6H,7,12H2,1-2H3. The Bertz CT molecular complexity index is 475. The third kappa shape index (κ3) is 1.90. The minimum Gasteiger partial charge on any atom is -0.497 e. The highest BCUT2D eigenvalue weighted by atomic mass is 16.5. The molecule has 16 heavy (non-hydrogen) atoms. The lowest BCUT2D eigenvalue weighted by Crippen LogP contribution is -1.99. The first-order chi connectivity index (χ1) is 7.74. The van der Waals surface area contributed by atoms with Crippen LogP contribution in [0.3, 0.4) is 0 Å². The van der Waals surface area contributed by atoms with Gasteiger partial charge in [0.15, 0.2) is 11.6 Å². The second kappa shape index (κ2) is 4.32. The Hall–Kier alpha value is -1.88. The highest BCUT2D eigenvalue weighted by Gasteiger charge is 2.07. The normalized spacial score (nSPS) is 10.4. The van der Waals surface area contributed by atoms with Crippen LogP contribution in [0.4, 0.5) is 0 Å². The molecule has 2 N–H and O–H groups in total. The van der Waals surface area contributed by atoms with Gasteiger partial charge in [0.25, 0.3) is 0 Å². The molecule has 0 unspecified atom stereocenters. The summed E-state index contributed by atoms with van der Waals surface area (Å²) >= 11 is 0. The van der Waals surface area contributed by atoms with Gasteiger partial charge in [0.1, 0.15) is 5.75 Å². The highest BCUT2D eigenvalue weighted by molar-refractivity contribution is 5.56. The summed E-state index contributed by atoms with van der Waals surface area (Å²) in [5.74, 6) is 2.28. The van der Waals surface area contributed by atoms with Crippen molar-refractivity contribution in [3.8, 4) is 17.1 Å². The molecule has 5 nitrogen and oxygen atoms in total. The Morgan fingerprint density at radius 1 is 1.31 bits per heavy atom. The second-order valence-corrected chi connectivity index (χ2v) is 3.41. The average molecular weight is 218 g/mol. The van der Waals surface area contributed by atoms with E-state index in [4.69, 9.17) is 10.5 Å². The van der Waals surface area contributed by atoms with Gasteiger partial charge in [-0.3, -0.25) is 0 Å². The molecule has 0 aliphatic heterocycles. The number of nitrogens with zero attached hydrogens (tertiary/aromatic N) is 3. The molecular formula is C11H14N4O. The molecule has 84 valence electrons. The number of methoxy groups -OCH3 is 1. The first kappa shape index (κ1) is 10.6. The molecule has 2 aromatic rings. The molecule has 2 rings (SSSR count). The fourth-order valence-electron chi connectivity index (χ4n) is 1.52. The van der Waals surface area contributed by atoms with Gasteiger partial charge in [-0.1, -0.05) is 0 Å². The van der Waals surface area contributed by atoms with Crippen LogP contribution in [0.5, 0.6) is 5.75 Å². The van der Waals surface area contributed by atoms with Gasteiger partial charge < -0.3 is 10.5 Å². The maximum absolute atomic E-state index is 5.50. The van der Waals surface area contributed by atoms with Crippen LogP contribution in [-0.2, 0) is 13.6 Å². The van der Waals surface area contributed by atoms with E-state index in [9.17, 15) is 0 Å². The van der Waals surface area contributed by atoms with Crippen molar-refractivity contribution in [3.63, 3.8) is 0 Å². The summed E-state index contributed by atoms with van der Waals surface area (Å²) in [4.78, 5) is 4.34. The molecule has 0 radical (unpaired) electrons. The van der Waals surface area contributed by atoms with Crippen LogP contribution in [0.2, 0.25) is 0 Å². The summed E-state index contributed by atoms with van der Waals surface area (Å²) in [6, 6.07) is 7.69. The first-order valence-electron chi connectivity index (χ1n) is 4.99. The molecule has 1 aromatic heterocycles. The maximum atomic E-state index is 5.50. The van der Waals surface area contributed by atoms with E-state index in [1.165, 1.54) is 0 Å². The van der Waals surface area contributed by atoms with Gasteiger partial charge in [-0.15, -0.1) is 0 Å². The van der Waals surface area contributed by atoms with E-state index in [1.807, 2.05) is 31.3 Å². The fourth-order valence-corrected chi connectivity index (χ4v) is 1.52. The largest absolute Gasteiger partial charge is 0.497 e. The first-order valence-corrected chi connectivity index (χ1v) is 4.99. The Labute approximate surface area is 93.9 Å². The molecule has 0 fully saturated rings. The lowest BCUT2D eigenvalue weighted by Gasteiger charge is -2.02. The van der Waals surface area contributed by atoms with E-state index in [0.717, 1.165) is 17.1 Å².